The van der Waals surface area contributed by atoms with Gasteiger partial charge in [0, 0.05) is 19.6 Å². The summed E-state index contributed by atoms with van der Waals surface area (Å²) in [5.74, 6) is 1.04. The molecule has 1 saturated heterocycles. The van der Waals surface area contributed by atoms with E-state index in [0.717, 1.165) is 38.8 Å². The highest BCUT2D eigenvalue weighted by molar-refractivity contribution is 5.86. The van der Waals surface area contributed by atoms with Crippen molar-refractivity contribution in [2.45, 2.75) is 45.4 Å². The molecule has 1 unspecified atom stereocenters. The van der Waals surface area contributed by atoms with Crippen LogP contribution in [0.25, 0.3) is 0 Å². The maximum Gasteiger partial charge on any atom is 0.229 e. The van der Waals surface area contributed by atoms with Gasteiger partial charge in [-0.2, -0.15) is 0 Å². The summed E-state index contributed by atoms with van der Waals surface area (Å²) in [5.41, 5.74) is 0.908. The van der Waals surface area contributed by atoms with Gasteiger partial charge in [0.05, 0.1) is 11.3 Å². The molecule has 0 bridgehead atoms. The summed E-state index contributed by atoms with van der Waals surface area (Å²) in [5, 5.41) is 3.06. The predicted molar refractivity (Wildman–Crippen MR) is 81.5 cm³/mol. The smallest absolute Gasteiger partial charge is 0.229 e. The van der Waals surface area contributed by atoms with Crippen molar-refractivity contribution in [3.8, 4) is 0 Å². The fraction of sp³-hybridized carbons (Fsp3) is 0.765. The highest BCUT2D eigenvalue weighted by Crippen LogP contribution is 2.45. The van der Waals surface area contributed by atoms with Gasteiger partial charge in [-0.15, -0.1) is 0 Å². The van der Waals surface area contributed by atoms with Crippen molar-refractivity contribution in [3.63, 3.8) is 0 Å². The Labute approximate surface area is 127 Å². The first-order chi connectivity index (χ1) is 9.98. The maximum atomic E-state index is 12.6. The molecule has 3 aliphatic rings. The third-order valence-corrected chi connectivity index (χ3v) is 5.14. The Morgan fingerprint density at radius 3 is 2.67 bits per heavy atom. The molecule has 0 radical (unpaired) electrons. The van der Waals surface area contributed by atoms with E-state index < -0.39 is 0 Å². The Morgan fingerprint density at radius 2 is 2.05 bits per heavy atom. The molecule has 0 aromatic heterocycles. The Hall–Kier alpha value is -1.32. The first-order valence-corrected chi connectivity index (χ1v) is 8.22. The van der Waals surface area contributed by atoms with Gasteiger partial charge in [0.15, 0.2) is 0 Å². The quantitative estimate of drug-likeness (QED) is 0.806. The molecule has 2 amide bonds. The average Bonchev–Trinajstić information content (AvgIpc) is 3.26. The zero-order valence-electron chi connectivity index (χ0n) is 13.0. The van der Waals surface area contributed by atoms with Crippen molar-refractivity contribution in [2.75, 3.05) is 19.6 Å². The van der Waals surface area contributed by atoms with Crippen LogP contribution in [0.3, 0.4) is 0 Å². The number of likely N-dealkylation sites (tertiary alicyclic amines) is 1. The van der Waals surface area contributed by atoms with Crippen LogP contribution in [0, 0.1) is 17.3 Å². The number of hydrogen-bond acceptors (Lipinski definition) is 2. The molecule has 1 N–H and O–H groups in total. The molecule has 4 nitrogen and oxygen atoms in total. The van der Waals surface area contributed by atoms with E-state index in [9.17, 15) is 9.59 Å². The third kappa shape index (κ3) is 3.14. The average molecular weight is 290 g/mol. The molecule has 1 atom stereocenters. The molecule has 21 heavy (non-hydrogen) atoms. The van der Waals surface area contributed by atoms with Crippen molar-refractivity contribution >= 4 is 11.8 Å². The van der Waals surface area contributed by atoms with Gasteiger partial charge in [0.1, 0.15) is 0 Å². The van der Waals surface area contributed by atoms with Gasteiger partial charge in [0.25, 0.3) is 0 Å². The van der Waals surface area contributed by atoms with E-state index in [4.69, 9.17) is 0 Å². The molecule has 116 valence electrons. The second-order valence-electron chi connectivity index (χ2n) is 7.44. The fourth-order valence-corrected chi connectivity index (χ4v) is 3.67. The summed E-state index contributed by atoms with van der Waals surface area (Å²) in [6.45, 7) is 8.18. The fourth-order valence-electron chi connectivity index (χ4n) is 3.67. The molecule has 0 aromatic rings. The summed E-state index contributed by atoms with van der Waals surface area (Å²) in [7, 11) is 0. The monoisotopic (exact) mass is 290 g/mol. The summed E-state index contributed by atoms with van der Waals surface area (Å²) >= 11 is 0. The highest BCUT2D eigenvalue weighted by Gasteiger charge is 2.45. The van der Waals surface area contributed by atoms with Crippen LogP contribution in [0.1, 0.15) is 45.4 Å². The third-order valence-electron chi connectivity index (χ3n) is 5.14. The number of hydrogen-bond donors (Lipinski definition) is 1. The second-order valence-corrected chi connectivity index (χ2v) is 7.44. The van der Waals surface area contributed by atoms with Crippen molar-refractivity contribution in [2.24, 2.45) is 17.3 Å². The summed E-state index contributed by atoms with van der Waals surface area (Å²) in [6, 6.07) is 0. The van der Waals surface area contributed by atoms with E-state index in [0.29, 0.717) is 12.5 Å². The molecular formula is C17H26N2O2. The van der Waals surface area contributed by atoms with Gasteiger partial charge in [-0.25, -0.2) is 0 Å². The van der Waals surface area contributed by atoms with Gasteiger partial charge in [-0.1, -0.05) is 19.1 Å². The van der Waals surface area contributed by atoms with Crippen molar-refractivity contribution in [3.05, 3.63) is 12.2 Å². The SMILES string of the molecule is C=C1CC(C)(C(=O)N2CCCC(C(=O)NCC3CC3)C2)C1. The minimum absolute atomic E-state index is 0.0201. The first-order valence-electron chi connectivity index (χ1n) is 8.22. The number of amides is 2. The lowest BCUT2D eigenvalue weighted by Gasteiger charge is -2.44. The Balaban J connectivity index is 1.53. The molecule has 3 fully saturated rings. The van der Waals surface area contributed by atoms with Gasteiger partial charge in [0.2, 0.25) is 11.8 Å². The second kappa shape index (κ2) is 5.47. The molecular weight excluding hydrogens is 264 g/mol. The van der Waals surface area contributed by atoms with Crippen LogP contribution in [-0.2, 0) is 9.59 Å². The van der Waals surface area contributed by atoms with Gasteiger partial charge >= 0.3 is 0 Å². The van der Waals surface area contributed by atoms with Crippen LogP contribution < -0.4 is 5.32 Å². The maximum absolute atomic E-state index is 12.6. The van der Waals surface area contributed by atoms with Crippen LogP contribution >= 0.6 is 0 Å². The summed E-state index contributed by atoms with van der Waals surface area (Å²) < 4.78 is 0. The molecule has 2 aliphatic carbocycles. The van der Waals surface area contributed by atoms with Gasteiger partial charge < -0.3 is 10.2 Å². The number of nitrogens with one attached hydrogen (secondary N) is 1. The van der Waals surface area contributed by atoms with Crippen LogP contribution in [0.2, 0.25) is 0 Å². The van der Waals surface area contributed by atoms with E-state index in [1.54, 1.807) is 0 Å². The van der Waals surface area contributed by atoms with E-state index in [1.807, 2.05) is 11.8 Å². The Morgan fingerprint density at radius 1 is 1.33 bits per heavy atom. The van der Waals surface area contributed by atoms with E-state index in [2.05, 4.69) is 11.9 Å². The van der Waals surface area contributed by atoms with Crippen molar-refractivity contribution in [1.29, 1.82) is 0 Å². The minimum Gasteiger partial charge on any atom is -0.356 e. The molecule has 4 heteroatoms. The molecule has 1 aliphatic heterocycles. The lowest BCUT2D eigenvalue weighted by Crippen LogP contribution is -2.52. The number of carbonyl (C=O) groups is 2. The van der Waals surface area contributed by atoms with Crippen molar-refractivity contribution < 1.29 is 9.59 Å². The van der Waals surface area contributed by atoms with Crippen LogP contribution in [-0.4, -0.2) is 36.3 Å². The van der Waals surface area contributed by atoms with E-state index in [1.165, 1.54) is 18.4 Å². The number of rotatable bonds is 4. The number of carbonyl (C=O) groups excluding carboxylic acids is 2. The topological polar surface area (TPSA) is 49.4 Å². The van der Waals surface area contributed by atoms with Gasteiger partial charge in [-0.3, -0.25) is 9.59 Å². The number of piperidine rings is 1. The standard InChI is InChI=1S/C17H26N2O2/c1-12-8-17(2,9-12)16(21)19-7-3-4-14(11-19)15(20)18-10-13-5-6-13/h13-14H,1,3-11H2,2H3,(H,18,20). The number of nitrogens with zero attached hydrogens (tertiary/aromatic N) is 1. The molecule has 3 rings (SSSR count). The lowest BCUT2D eigenvalue weighted by atomic mass is 9.66. The van der Waals surface area contributed by atoms with Crippen LogP contribution in [0.15, 0.2) is 12.2 Å². The minimum atomic E-state index is -0.260. The lowest BCUT2D eigenvalue weighted by molar-refractivity contribution is -0.146. The van der Waals surface area contributed by atoms with E-state index in [-0.39, 0.29) is 23.1 Å². The van der Waals surface area contributed by atoms with Crippen LogP contribution in [0.4, 0.5) is 0 Å². The van der Waals surface area contributed by atoms with E-state index >= 15 is 0 Å². The first kappa shape index (κ1) is 14.6. The summed E-state index contributed by atoms with van der Waals surface area (Å²) in [4.78, 5) is 26.8. The van der Waals surface area contributed by atoms with Gasteiger partial charge in [-0.05, 0) is 44.4 Å². The highest BCUT2D eigenvalue weighted by atomic mass is 16.2. The molecule has 0 aromatic carbocycles. The predicted octanol–water partition coefficient (Wildman–Crippen LogP) is 2.11. The molecule has 0 spiro atoms. The molecule has 2 saturated carbocycles. The Bertz CT molecular complexity index is 459. The normalized spacial score (nSPS) is 28.0. The van der Waals surface area contributed by atoms with Crippen LogP contribution in [0.5, 0.6) is 0 Å². The van der Waals surface area contributed by atoms with Crippen molar-refractivity contribution in [1.82, 2.24) is 10.2 Å². The number of allylic oxidation sites excluding steroid dienone is 1. The zero-order valence-corrected chi connectivity index (χ0v) is 13.0. The summed E-state index contributed by atoms with van der Waals surface area (Å²) in [6.07, 6.45) is 5.95. The molecule has 1 heterocycles. The Kier molecular flexibility index (Phi) is 3.80. The largest absolute Gasteiger partial charge is 0.356 e. The zero-order chi connectivity index (χ0) is 15.0.